The van der Waals surface area contributed by atoms with Crippen molar-refractivity contribution in [1.82, 2.24) is 8.61 Å². The molecule has 186 valence electrons. The first-order valence-electron chi connectivity index (χ1n) is 12.9. The van der Waals surface area contributed by atoms with E-state index in [9.17, 15) is 5.26 Å². The molecule has 0 N–H and O–H groups in total. The van der Waals surface area contributed by atoms with Crippen LogP contribution in [-0.4, -0.2) is 40.5 Å². The molecule has 0 amide bonds. The maximum absolute atomic E-state index is 9.46. The highest BCUT2D eigenvalue weighted by Crippen LogP contribution is 2.66. The summed E-state index contributed by atoms with van der Waals surface area (Å²) in [6.45, 7) is 13.4. The molecule has 5 rings (SSSR count). The fourth-order valence-corrected chi connectivity index (χ4v) is 8.91. The van der Waals surface area contributed by atoms with E-state index in [1.807, 2.05) is 18.2 Å². The average Bonchev–Trinajstić information content (AvgIpc) is 3.23. The molecule has 1 aliphatic heterocycles. The van der Waals surface area contributed by atoms with Gasteiger partial charge in [0.25, 0.3) is 0 Å². The summed E-state index contributed by atoms with van der Waals surface area (Å²) in [4.78, 5) is 1.01. The monoisotopic (exact) mass is 507 g/mol. The molecular formula is C29H37N3OS2. The van der Waals surface area contributed by atoms with Crippen LogP contribution in [0.1, 0.15) is 56.2 Å². The molecule has 3 aliphatic rings. The largest absolute Gasteiger partial charge is 0.456 e. The van der Waals surface area contributed by atoms with Crippen molar-refractivity contribution in [3.8, 4) is 17.6 Å². The number of hydrogen-bond donors (Lipinski definition) is 0. The van der Waals surface area contributed by atoms with Crippen molar-refractivity contribution in [3.05, 3.63) is 53.1 Å². The van der Waals surface area contributed by atoms with Crippen LogP contribution >= 0.6 is 23.9 Å². The minimum atomic E-state index is 0.510. The van der Waals surface area contributed by atoms with Gasteiger partial charge in [0.2, 0.25) is 0 Å². The average molecular weight is 508 g/mol. The van der Waals surface area contributed by atoms with E-state index in [1.54, 1.807) is 11.9 Å². The number of rotatable bonds is 7. The van der Waals surface area contributed by atoms with E-state index >= 15 is 0 Å². The standard InChI is InChI=1S/C29H37N3OS2/c1-21-15-22(2)17-25(16-21)33-26-6-5-23(19-30)18-27(26)35-32-13-11-31(12-14-32)34-20-29-9-7-24(8-10-29)28(29,3)4/h5-6,15-18,24H,7-14,20H2,1-4H3. The quantitative estimate of drug-likeness (QED) is 0.362. The smallest absolute Gasteiger partial charge is 0.142 e. The molecule has 1 saturated heterocycles. The van der Waals surface area contributed by atoms with Gasteiger partial charge in [0.05, 0.1) is 16.5 Å². The summed E-state index contributed by atoms with van der Waals surface area (Å²) in [7, 11) is 0. The van der Waals surface area contributed by atoms with Gasteiger partial charge < -0.3 is 4.74 Å². The Hall–Kier alpha value is -1.65. The lowest BCUT2D eigenvalue weighted by molar-refractivity contribution is 0.156. The van der Waals surface area contributed by atoms with Gasteiger partial charge in [0.15, 0.2) is 0 Å². The topological polar surface area (TPSA) is 39.5 Å². The summed E-state index contributed by atoms with van der Waals surface area (Å²) in [5.74, 6) is 3.88. The molecule has 0 unspecified atom stereocenters. The maximum atomic E-state index is 9.46. The lowest BCUT2D eigenvalue weighted by atomic mass is 9.71. The molecule has 0 aromatic heterocycles. The van der Waals surface area contributed by atoms with Crippen molar-refractivity contribution in [2.24, 2.45) is 16.7 Å². The van der Waals surface area contributed by atoms with E-state index in [-0.39, 0.29) is 0 Å². The van der Waals surface area contributed by atoms with Crippen molar-refractivity contribution in [2.45, 2.75) is 58.3 Å². The summed E-state index contributed by atoms with van der Waals surface area (Å²) in [5.41, 5.74) is 4.10. The molecule has 0 radical (unpaired) electrons. The van der Waals surface area contributed by atoms with Crippen LogP contribution in [0.2, 0.25) is 0 Å². The molecule has 3 fully saturated rings. The van der Waals surface area contributed by atoms with E-state index in [0.717, 1.165) is 48.5 Å². The Kier molecular flexibility index (Phi) is 7.16. The minimum Gasteiger partial charge on any atom is -0.456 e. The van der Waals surface area contributed by atoms with Crippen LogP contribution in [-0.2, 0) is 0 Å². The van der Waals surface area contributed by atoms with Crippen molar-refractivity contribution in [3.63, 3.8) is 0 Å². The normalized spacial score (nSPS) is 26.1. The lowest BCUT2D eigenvalue weighted by Crippen LogP contribution is -2.41. The molecule has 6 heteroatoms. The summed E-state index contributed by atoms with van der Waals surface area (Å²) in [6.07, 6.45) is 5.72. The van der Waals surface area contributed by atoms with Crippen LogP contribution in [0.5, 0.6) is 11.5 Å². The summed E-state index contributed by atoms with van der Waals surface area (Å²) < 4.78 is 11.3. The molecule has 2 aliphatic carbocycles. The molecule has 0 spiro atoms. The third kappa shape index (κ3) is 5.11. The van der Waals surface area contributed by atoms with E-state index < -0.39 is 0 Å². The number of ether oxygens (including phenoxy) is 1. The van der Waals surface area contributed by atoms with Gasteiger partial charge in [-0.25, -0.2) is 8.61 Å². The second-order valence-electron chi connectivity index (χ2n) is 11.2. The fraction of sp³-hybridized carbons (Fsp3) is 0.552. The summed E-state index contributed by atoms with van der Waals surface area (Å²) in [5, 5.41) is 9.46. The number of nitriles is 1. The van der Waals surface area contributed by atoms with E-state index in [4.69, 9.17) is 4.74 Å². The molecule has 4 nitrogen and oxygen atoms in total. The van der Waals surface area contributed by atoms with E-state index in [1.165, 1.54) is 42.6 Å². The Balaban J connectivity index is 1.20. The van der Waals surface area contributed by atoms with Crippen LogP contribution in [0.15, 0.2) is 41.3 Å². The predicted octanol–water partition coefficient (Wildman–Crippen LogP) is 7.46. The van der Waals surface area contributed by atoms with E-state index in [2.05, 4.69) is 72.5 Å². The van der Waals surface area contributed by atoms with Crippen LogP contribution in [0.25, 0.3) is 0 Å². The van der Waals surface area contributed by atoms with Gasteiger partial charge in [0.1, 0.15) is 11.5 Å². The van der Waals surface area contributed by atoms with E-state index in [0.29, 0.717) is 16.4 Å². The molecule has 1 heterocycles. The van der Waals surface area contributed by atoms with Gasteiger partial charge in [-0.2, -0.15) is 5.26 Å². The number of piperazine rings is 1. The Labute approximate surface area is 219 Å². The molecule has 2 aromatic rings. The van der Waals surface area contributed by atoms with Crippen molar-refractivity contribution in [2.75, 3.05) is 31.9 Å². The predicted molar refractivity (Wildman–Crippen MR) is 147 cm³/mol. The zero-order valence-electron chi connectivity index (χ0n) is 21.5. The van der Waals surface area contributed by atoms with Crippen molar-refractivity contribution < 1.29 is 4.74 Å². The van der Waals surface area contributed by atoms with Gasteiger partial charge >= 0.3 is 0 Å². The minimum absolute atomic E-state index is 0.510. The highest BCUT2D eigenvalue weighted by molar-refractivity contribution is 7.97. The Morgan fingerprint density at radius 1 is 0.971 bits per heavy atom. The SMILES string of the molecule is Cc1cc(C)cc(Oc2ccc(C#N)cc2SN2CCN(SCC34CCC(CC3)C4(C)C)CC2)c1. The highest BCUT2D eigenvalue weighted by atomic mass is 32.2. The number of benzene rings is 2. The van der Waals surface area contributed by atoms with Crippen molar-refractivity contribution >= 4 is 23.9 Å². The molecule has 2 bridgehead atoms. The zero-order valence-corrected chi connectivity index (χ0v) is 23.1. The molecule has 2 aromatic carbocycles. The molecule has 0 atom stereocenters. The van der Waals surface area contributed by atoms with Gasteiger partial charge in [-0.3, -0.25) is 0 Å². The zero-order chi connectivity index (χ0) is 24.6. The Morgan fingerprint density at radius 2 is 1.63 bits per heavy atom. The highest BCUT2D eigenvalue weighted by Gasteiger charge is 2.58. The number of hydrogen-bond acceptors (Lipinski definition) is 6. The van der Waals surface area contributed by atoms with Crippen LogP contribution in [0.4, 0.5) is 0 Å². The second kappa shape index (κ2) is 10.0. The van der Waals surface area contributed by atoms with Crippen LogP contribution in [0.3, 0.4) is 0 Å². The molecule has 35 heavy (non-hydrogen) atoms. The fourth-order valence-electron chi connectivity index (χ4n) is 6.40. The van der Waals surface area contributed by atoms with Gasteiger partial charge in [0, 0.05) is 31.9 Å². The maximum Gasteiger partial charge on any atom is 0.142 e. The third-order valence-electron chi connectivity index (χ3n) is 8.77. The van der Waals surface area contributed by atoms with Gasteiger partial charge in [-0.05, 0) is 110 Å². The second-order valence-corrected chi connectivity index (χ2v) is 13.4. The van der Waals surface area contributed by atoms with Crippen LogP contribution in [0, 0.1) is 41.9 Å². The summed E-state index contributed by atoms with van der Waals surface area (Å²) in [6, 6.07) is 14.3. The van der Waals surface area contributed by atoms with Crippen LogP contribution < -0.4 is 4.74 Å². The first-order chi connectivity index (χ1) is 16.8. The Bertz CT molecular complexity index is 1090. The molecular weight excluding hydrogens is 470 g/mol. The first-order valence-corrected chi connectivity index (χ1v) is 14.6. The summed E-state index contributed by atoms with van der Waals surface area (Å²) >= 11 is 3.82. The van der Waals surface area contributed by atoms with Gasteiger partial charge in [-0.15, -0.1) is 0 Å². The lowest BCUT2D eigenvalue weighted by Gasteiger charge is -2.40. The number of nitrogens with zero attached hydrogens (tertiary/aromatic N) is 3. The Morgan fingerprint density at radius 3 is 2.23 bits per heavy atom. The number of fused-ring (bicyclic) bond motifs is 2. The van der Waals surface area contributed by atoms with Crippen molar-refractivity contribution in [1.29, 1.82) is 5.26 Å². The number of aryl methyl sites for hydroxylation is 2. The first kappa shape index (κ1) is 25.0. The molecule has 2 saturated carbocycles. The van der Waals surface area contributed by atoms with Gasteiger partial charge in [-0.1, -0.05) is 31.9 Å². The third-order valence-corrected chi connectivity index (χ3v) is 11.3.